The van der Waals surface area contributed by atoms with Gasteiger partial charge in [0.25, 0.3) is 17.5 Å². The highest BCUT2D eigenvalue weighted by atomic mass is 127. The van der Waals surface area contributed by atoms with E-state index in [9.17, 15) is 24.5 Å². The van der Waals surface area contributed by atoms with Gasteiger partial charge in [-0.3, -0.25) is 25.0 Å². The highest BCUT2D eigenvalue weighted by Gasteiger charge is 2.37. The number of amides is 4. The Balaban J connectivity index is 1.66. The summed E-state index contributed by atoms with van der Waals surface area (Å²) >= 11 is 14.1. The summed E-state index contributed by atoms with van der Waals surface area (Å²) in [6.45, 7) is 2.28. The van der Waals surface area contributed by atoms with E-state index in [1.54, 1.807) is 37.3 Å². The summed E-state index contributed by atoms with van der Waals surface area (Å²) in [7, 11) is 0. The Labute approximate surface area is 245 Å². The van der Waals surface area contributed by atoms with E-state index in [2.05, 4.69) is 5.32 Å². The third kappa shape index (κ3) is 6.32. The molecule has 1 fully saturated rings. The number of hydrogen-bond donors (Lipinski definition) is 1. The lowest BCUT2D eigenvalue weighted by Gasteiger charge is -2.26. The zero-order chi connectivity index (χ0) is 28.3. The number of anilines is 1. The average molecular weight is 682 g/mol. The van der Waals surface area contributed by atoms with E-state index in [0.29, 0.717) is 42.2 Å². The first-order valence-electron chi connectivity index (χ1n) is 11.3. The van der Waals surface area contributed by atoms with Gasteiger partial charge in [0.05, 0.1) is 30.8 Å². The normalized spacial score (nSPS) is 14.4. The number of ether oxygens (including phenoxy) is 2. The van der Waals surface area contributed by atoms with E-state index in [0.717, 1.165) is 11.6 Å². The molecule has 1 N–H and O–H groups in total. The quantitative estimate of drug-likeness (QED) is 0.0993. The van der Waals surface area contributed by atoms with Crippen molar-refractivity contribution in [3.63, 3.8) is 0 Å². The van der Waals surface area contributed by atoms with Gasteiger partial charge < -0.3 is 9.47 Å². The number of carbonyl (C=O) groups excluding carboxylic acids is 3. The summed E-state index contributed by atoms with van der Waals surface area (Å²) in [6, 6.07) is 12.4. The van der Waals surface area contributed by atoms with Gasteiger partial charge in [0.2, 0.25) is 0 Å². The van der Waals surface area contributed by atoms with Crippen molar-refractivity contribution >= 4 is 81.1 Å². The highest BCUT2D eigenvalue weighted by Crippen LogP contribution is 2.36. The van der Waals surface area contributed by atoms with Crippen LogP contribution in [0.5, 0.6) is 11.5 Å². The van der Waals surface area contributed by atoms with Crippen molar-refractivity contribution in [2.45, 2.75) is 13.5 Å². The number of carbonyl (C=O) groups is 3. The van der Waals surface area contributed by atoms with Gasteiger partial charge >= 0.3 is 6.03 Å². The Hall–Kier alpha value is -3.68. The summed E-state index contributed by atoms with van der Waals surface area (Å²) in [6.07, 6.45) is 1.31. The molecule has 0 aliphatic carbocycles. The molecule has 0 unspecified atom stereocenters. The van der Waals surface area contributed by atoms with Crippen LogP contribution in [0.4, 0.5) is 16.2 Å². The van der Waals surface area contributed by atoms with Crippen LogP contribution in [0.2, 0.25) is 10.0 Å². The molecule has 0 atom stereocenters. The van der Waals surface area contributed by atoms with Crippen molar-refractivity contribution in [2.24, 2.45) is 0 Å². The molecule has 13 heteroatoms. The molecule has 3 aromatic rings. The largest absolute Gasteiger partial charge is 0.490 e. The van der Waals surface area contributed by atoms with Crippen LogP contribution in [0.15, 0.2) is 60.2 Å². The first-order chi connectivity index (χ1) is 18.6. The fraction of sp³-hybridized carbons (Fsp3) is 0.115. The van der Waals surface area contributed by atoms with Gasteiger partial charge in [-0.05, 0) is 77.0 Å². The van der Waals surface area contributed by atoms with E-state index >= 15 is 0 Å². The number of rotatable bonds is 8. The molecule has 1 aliphatic heterocycles. The lowest BCUT2D eigenvalue weighted by Crippen LogP contribution is -2.54. The molecule has 4 rings (SSSR count). The fourth-order valence-corrected chi connectivity index (χ4v) is 4.77. The Morgan fingerprint density at radius 2 is 1.82 bits per heavy atom. The summed E-state index contributed by atoms with van der Waals surface area (Å²) in [5.41, 5.74) is 0.494. The van der Waals surface area contributed by atoms with Crippen LogP contribution in [0.3, 0.4) is 0 Å². The molecule has 39 heavy (non-hydrogen) atoms. The minimum Gasteiger partial charge on any atom is -0.490 e. The van der Waals surface area contributed by atoms with Gasteiger partial charge in [0.15, 0.2) is 11.5 Å². The maximum atomic E-state index is 13.2. The number of nitrogens with one attached hydrogen (secondary N) is 1. The van der Waals surface area contributed by atoms with Crippen LogP contribution in [0.1, 0.15) is 18.1 Å². The highest BCUT2D eigenvalue weighted by molar-refractivity contribution is 14.1. The van der Waals surface area contributed by atoms with Crippen molar-refractivity contribution < 1.29 is 28.8 Å². The van der Waals surface area contributed by atoms with Crippen LogP contribution < -0.4 is 19.7 Å². The van der Waals surface area contributed by atoms with Crippen molar-refractivity contribution in [3.8, 4) is 11.5 Å². The first-order valence-corrected chi connectivity index (χ1v) is 13.1. The van der Waals surface area contributed by atoms with E-state index in [-0.39, 0.29) is 23.6 Å². The number of nitrogens with zero attached hydrogens (tertiary/aromatic N) is 2. The predicted octanol–water partition coefficient (Wildman–Crippen LogP) is 6.15. The lowest BCUT2D eigenvalue weighted by atomic mass is 10.1. The number of nitro benzene ring substituents is 1. The molecular weight excluding hydrogens is 664 g/mol. The Morgan fingerprint density at radius 3 is 2.51 bits per heavy atom. The number of non-ortho nitro benzene ring substituents is 1. The lowest BCUT2D eigenvalue weighted by molar-refractivity contribution is -0.384. The molecule has 4 amide bonds. The molecule has 10 nitrogen and oxygen atoms in total. The molecular formula is C26H18Cl2IN3O7. The van der Waals surface area contributed by atoms with Gasteiger partial charge in [-0.15, -0.1) is 0 Å². The van der Waals surface area contributed by atoms with E-state index in [1.165, 1.54) is 24.3 Å². The minimum atomic E-state index is -1.02. The Morgan fingerprint density at radius 1 is 1.05 bits per heavy atom. The van der Waals surface area contributed by atoms with Crippen molar-refractivity contribution in [1.82, 2.24) is 5.32 Å². The van der Waals surface area contributed by atoms with Gasteiger partial charge in [-0.25, -0.2) is 9.69 Å². The SMILES string of the molecule is CCOc1cc(/C=C2\C(=O)NC(=O)N(c3cccc([N+](=O)[O-])c3)C2=O)cc(I)c1OCc1ccc(Cl)c(Cl)c1. The first kappa shape index (κ1) is 28.3. The zero-order valence-electron chi connectivity index (χ0n) is 20.1. The number of hydrogen-bond acceptors (Lipinski definition) is 7. The molecule has 0 saturated carbocycles. The number of halogens is 3. The number of barbiturate groups is 1. The number of urea groups is 1. The standard InChI is InChI=1S/C26H18Cl2IN3O7/c1-2-38-22-11-15(10-21(29)23(22)39-13-14-6-7-19(27)20(28)9-14)8-18-24(33)30-26(35)31(25(18)34)16-4-3-5-17(12-16)32(36)37/h3-12H,2,13H2,1H3,(H,30,33,35)/b18-8+. The van der Waals surface area contributed by atoms with E-state index in [4.69, 9.17) is 32.7 Å². The maximum absolute atomic E-state index is 13.2. The van der Waals surface area contributed by atoms with Crippen molar-refractivity contribution in [1.29, 1.82) is 0 Å². The second kappa shape index (κ2) is 12.0. The van der Waals surface area contributed by atoms with Gasteiger partial charge in [0.1, 0.15) is 12.2 Å². The van der Waals surface area contributed by atoms with Crippen LogP contribution >= 0.6 is 45.8 Å². The molecule has 0 radical (unpaired) electrons. The van der Waals surface area contributed by atoms with Crippen molar-refractivity contribution in [2.75, 3.05) is 11.5 Å². The Kier molecular flexibility index (Phi) is 8.73. The number of imide groups is 2. The summed E-state index contributed by atoms with van der Waals surface area (Å²) in [5.74, 6) is -1.03. The topological polar surface area (TPSA) is 128 Å². The van der Waals surface area contributed by atoms with Crippen LogP contribution in [0.25, 0.3) is 6.08 Å². The molecule has 1 saturated heterocycles. The summed E-state index contributed by atoms with van der Waals surface area (Å²) in [4.78, 5) is 49.5. The molecule has 0 bridgehead atoms. The summed E-state index contributed by atoms with van der Waals surface area (Å²) in [5, 5.41) is 14.1. The van der Waals surface area contributed by atoms with Gasteiger partial charge in [0, 0.05) is 12.1 Å². The molecule has 3 aromatic carbocycles. The van der Waals surface area contributed by atoms with Crippen molar-refractivity contribution in [3.05, 3.63) is 95.0 Å². The van der Waals surface area contributed by atoms with Crippen LogP contribution in [-0.2, 0) is 16.2 Å². The zero-order valence-corrected chi connectivity index (χ0v) is 23.7. The average Bonchev–Trinajstić information content (AvgIpc) is 2.88. The molecule has 200 valence electrons. The third-order valence-electron chi connectivity index (χ3n) is 5.41. The maximum Gasteiger partial charge on any atom is 0.335 e. The second-order valence-electron chi connectivity index (χ2n) is 8.03. The van der Waals surface area contributed by atoms with Crippen LogP contribution in [0, 0.1) is 13.7 Å². The molecule has 1 heterocycles. The van der Waals surface area contributed by atoms with E-state index in [1.807, 2.05) is 22.6 Å². The van der Waals surface area contributed by atoms with Gasteiger partial charge in [-0.1, -0.05) is 35.3 Å². The smallest absolute Gasteiger partial charge is 0.335 e. The number of nitro groups is 1. The minimum absolute atomic E-state index is 0.0549. The molecule has 1 aliphatic rings. The number of benzene rings is 3. The van der Waals surface area contributed by atoms with Crippen LogP contribution in [-0.4, -0.2) is 29.4 Å². The second-order valence-corrected chi connectivity index (χ2v) is 10.0. The van der Waals surface area contributed by atoms with Gasteiger partial charge in [-0.2, -0.15) is 0 Å². The summed E-state index contributed by atoms with van der Waals surface area (Å²) < 4.78 is 12.4. The Bertz CT molecular complexity index is 1540. The third-order valence-corrected chi connectivity index (χ3v) is 6.95. The molecule has 0 spiro atoms. The van der Waals surface area contributed by atoms with E-state index < -0.39 is 22.8 Å². The molecule has 0 aromatic heterocycles. The predicted molar refractivity (Wildman–Crippen MR) is 153 cm³/mol. The fourth-order valence-electron chi connectivity index (χ4n) is 3.66. The monoisotopic (exact) mass is 681 g/mol.